The van der Waals surface area contributed by atoms with E-state index in [1.807, 2.05) is 0 Å². The van der Waals surface area contributed by atoms with Gasteiger partial charge in [-0.3, -0.25) is 4.90 Å². The predicted molar refractivity (Wildman–Crippen MR) is 82.3 cm³/mol. The van der Waals surface area contributed by atoms with Gasteiger partial charge in [-0.15, -0.1) is 0 Å². The molecule has 1 aliphatic heterocycles. The highest BCUT2D eigenvalue weighted by Gasteiger charge is 2.27. The van der Waals surface area contributed by atoms with E-state index >= 15 is 0 Å². The van der Waals surface area contributed by atoms with Crippen molar-refractivity contribution in [3.8, 4) is 0 Å². The van der Waals surface area contributed by atoms with Crippen molar-refractivity contribution in [2.45, 2.75) is 59.5 Å². The standard InChI is InChI=1S/C16H34N2O/c1-15(2,3)14(8-9-17)7-6-10-18-11-12-19-16(4,5)13-18/h14H,6-13,17H2,1-5H3. The molecule has 0 aromatic heterocycles. The quantitative estimate of drug-likeness (QED) is 0.806. The molecule has 1 unspecified atom stereocenters. The summed E-state index contributed by atoms with van der Waals surface area (Å²) >= 11 is 0. The van der Waals surface area contributed by atoms with Gasteiger partial charge in [-0.05, 0) is 57.5 Å². The topological polar surface area (TPSA) is 38.5 Å². The molecule has 0 aromatic carbocycles. The Hall–Kier alpha value is -0.120. The van der Waals surface area contributed by atoms with Crippen LogP contribution in [0.1, 0.15) is 53.9 Å². The summed E-state index contributed by atoms with van der Waals surface area (Å²) in [6.45, 7) is 16.4. The molecule has 0 radical (unpaired) electrons. The third-order valence-corrected chi connectivity index (χ3v) is 4.27. The van der Waals surface area contributed by atoms with E-state index in [4.69, 9.17) is 10.5 Å². The molecule has 1 rings (SSSR count). The van der Waals surface area contributed by atoms with E-state index in [0.717, 1.165) is 38.6 Å². The zero-order valence-electron chi connectivity index (χ0n) is 13.7. The molecule has 3 heteroatoms. The van der Waals surface area contributed by atoms with Crippen LogP contribution in [0.15, 0.2) is 0 Å². The summed E-state index contributed by atoms with van der Waals surface area (Å²) in [6.07, 6.45) is 3.72. The van der Waals surface area contributed by atoms with Gasteiger partial charge in [0.15, 0.2) is 0 Å². The van der Waals surface area contributed by atoms with Crippen LogP contribution < -0.4 is 5.73 Å². The van der Waals surface area contributed by atoms with Crippen LogP contribution in [0.25, 0.3) is 0 Å². The number of nitrogens with two attached hydrogens (primary N) is 1. The first-order valence-electron chi connectivity index (χ1n) is 7.81. The maximum atomic E-state index is 5.76. The molecule has 1 saturated heterocycles. The lowest BCUT2D eigenvalue weighted by Gasteiger charge is -2.38. The predicted octanol–water partition coefficient (Wildman–Crippen LogP) is 2.89. The SMILES string of the molecule is CC1(C)CN(CCCC(CCN)C(C)(C)C)CCO1. The molecule has 19 heavy (non-hydrogen) atoms. The molecule has 3 nitrogen and oxygen atoms in total. The van der Waals surface area contributed by atoms with E-state index in [1.165, 1.54) is 19.4 Å². The molecule has 0 amide bonds. The fourth-order valence-electron chi connectivity index (χ4n) is 3.08. The number of nitrogens with zero attached hydrogens (tertiary/aromatic N) is 1. The lowest BCUT2D eigenvalue weighted by Crippen LogP contribution is -2.48. The summed E-state index contributed by atoms with van der Waals surface area (Å²) in [5, 5.41) is 0. The third-order valence-electron chi connectivity index (χ3n) is 4.27. The fraction of sp³-hybridized carbons (Fsp3) is 1.00. The van der Waals surface area contributed by atoms with Gasteiger partial charge in [0.05, 0.1) is 12.2 Å². The molecule has 2 N–H and O–H groups in total. The summed E-state index contributed by atoms with van der Waals surface area (Å²) in [5.74, 6) is 0.742. The van der Waals surface area contributed by atoms with Crippen molar-refractivity contribution in [1.82, 2.24) is 4.90 Å². The Balaban J connectivity index is 2.32. The molecule has 0 spiro atoms. The minimum atomic E-state index is 0.0267. The maximum absolute atomic E-state index is 5.76. The highest BCUT2D eigenvalue weighted by molar-refractivity contribution is 4.80. The van der Waals surface area contributed by atoms with E-state index in [2.05, 4.69) is 39.5 Å². The highest BCUT2D eigenvalue weighted by atomic mass is 16.5. The lowest BCUT2D eigenvalue weighted by molar-refractivity contribution is -0.0864. The van der Waals surface area contributed by atoms with Crippen molar-refractivity contribution in [1.29, 1.82) is 0 Å². The Morgan fingerprint density at radius 3 is 2.47 bits per heavy atom. The van der Waals surface area contributed by atoms with E-state index in [-0.39, 0.29) is 5.60 Å². The Bertz CT molecular complexity index is 258. The molecular weight excluding hydrogens is 236 g/mol. The molecule has 0 aromatic rings. The van der Waals surface area contributed by atoms with Gasteiger partial charge < -0.3 is 10.5 Å². The Labute approximate surface area is 119 Å². The van der Waals surface area contributed by atoms with Crippen LogP contribution in [0, 0.1) is 11.3 Å². The summed E-state index contributed by atoms with van der Waals surface area (Å²) in [7, 11) is 0. The van der Waals surface area contributed by atoms with Crippen molar-refractivity contribution in [3.05, 3.63) is 0 Å². The maximum Gasteiger partial charge on any atom is 0.0753 e. The molecule has 1 aliphatic rings. The van der Waals surface area contributed by atoms with Crippen LogP contribution in [-0.2, 0) is 4.74 Å². The Morgan fingerprint density at radius 2 is 1.95 bits per heavy atom. The first-order chi connectivity index (χ1) is 8.74. The molecule has 0 bridgehead atoms. The van der Waals surface area contributed by atoms with Gasteiger partial charge in [0.1, 0.15) is 0 Å². The normalized spacial score (nSPS) is 22.4. The first kappa shape index (κ1) is 16.9. The van der Waals surface area contributed by atoms with E-state index < -0.39 is 0 Å². The Morgan fingerprint density at radius 1 is 1.26 bits per heavy atom. The fourth-order valence-corrected chi connectivity index (χ4v) is 3.08. The third kappa shape index (κ3) is 6.24. The minimum Gasteiger partial charge on any atom is -0.373 e. The van der Waals surface area contributed by atoms with Crippen molar-refractivity contribution >= 4 is 0 Å². The summed E-state index contributed by atoms with van der Waals surface area (Å²) in [4.78, 5) is 2.55. The molecule has 1 atom stereocenters. The number of hydrogen-bond donors (Lipinski definition) is 1. The lowest BCUT2D eigenvalue weighted by atomic mass is 9.76. The number of hydrogen-bond acceptors (Lipinski definition) is 3. The molecule has 0 saturated carbocycles. The van der Waals surface area contributed by atoms with Gasteiger partial charge >= 0.3 is 0 Å². The largest absolute Gasteiger partial charge is 0.373 e. The minimum absolute atomic E-state index is 0.0267. The monoisotopic (exact) mass is 270 g/mol. The zero-order chi connectivity index (χ0) is 14.5. The second kappa shape index (κ2) is 7.05. The van der Waals surface area contributed by atoms with Gasteiger partial charge in [-0.2, -0.15) is 0 Å². The molecule has 1 fully saturated rings. The van der Waals surface area contributed by atoms with Crippen LogP contribution in [0.2, 0.25) is 0 Å². The summed E-state index contributed by atoms with van der Waals surface area (Å²) in [5.41, 5.74) is 6.15. The number of morpholine rings is 1. The highest BCUT2D eigenvalue weighted by Crippen LogP contribution is 2.32. The second-order valence-corrected chi connectivity index (χ2v) is 7.67. The van der Waals surface area contributed by atoms with Crippen molar-refractivity contribution in [2.24, 2.45) is 17.1 Å². The van der Waals surface area contributed by atoms with E-state index in [9.17, 15) is 0 Å². The van der Waals surface area contributed by atoms with Gasteiger partial charge in [-0.25, -0.2) is 0 Å². The van der Waals surface area contributed by atoms with Crippen LogP contribution in [0.4, 0.5) is 0 Å². The van der Waals surface area contributed by atoms with Crippen molar-refractivity contribution in [3.63, 3.8) is 0 Å². The van der Waals surface area contributed by atoms with Gasteiger partial charge in [0.2, 0.25) is 0 Å². The number of rotatable bonds is 6. The zero-order valence-corrected chi connectivity index (χ0v) is 13.7. The smallest absolute Gasteiger partial charge is 0.0753 e. The second-order valence-electron chi connectivity index (χ2n) is 7.67. The summed E-state index contributed by atoms with van der Waals surface area (Å²) in [6, 6.07) is 0. The van der Waals surface area contributed by atoms with Crippen LogP contribution in [0.3, 0.4) is 0 Å². The number of ether oxygens (including phenoxy) is 1. The molecule has 1 heterocycles. The van der Waals surface area contributed by atoms with Gasteiger partial charge in [-0.1, -0.05) is 20.8 Å². The van der Waals surface area contributed by atoms with Gasteiger partial charge in [0.25, 0.3) is 0 Å². The Kier molecular flexibility index (Phi) is 6.28. The van der Waals surface area contributed by atoms with Crippen molar-refractivity contribution < 1.29 is 4.74 Å². The molecule has 114 valence electrons. The van der Waals surface area contributed by atoms with E-state index in [0.29, 0.717) is 5.41 Å². The van der Waals surface area contributed by atoms with Crippen LogP contribution in [0.5, 0.6) is 0 Å². The van der Waals surface area contributed by atoms with E-state index in [1.54, 1.807) is 0 Å². The van der Waals surface area contributed by atoms with Crippen LogP contribution in [-0.4, -0.2) is 43.3 Å². The average Bonchev–Trinajstić information content (AvgIpc) is 2.25. The average molecular weight is 270 g/mol. The summed E-state index contributed by atoms with van der Waals surface area (Å²) < 4.78 is 5.76. The van der Waals surface area contributed by atoms with Gasteiger partial charge in [0, 0.05) is 13.1 Å². The molecule has 0 aliphatic carbocycles. The van der Waals surface area contributed by atoms with Crippen LogP contribution >= 0.6 is 0 Å². The molecular formula is C16H34N2O. The first-order valence-corrected chi connectivity index (χ1v) is 7.81. The van der Waals surface area contributed by atoms with Crippen molar-refractivity contribution in [2.75, 3.05) is 32.8 Å².